The van der Waals surface area contributed by atoms with Crippen molar-refractivity contribution in [2.24, 2.45) is 10.8 Å². The van der Waals surface area contributed by atoms with Crippen LogP contribution < -0.4 is 24.6 Å². The predicted octanol–water partition coefficient (Wildman–Crippen LogP) is 7.67. The second-order valence-electron chi connectivity index (χ2n) is 16.2. The SMILES string of the molecule is CC1(C)C(NC(=O)c2ccc(N3CCN(CCCCCOc4ccc5c(c4)C(=O)N(c4ccc(F)cc4F)C5=O)CC3)nc2)C(C)(C)C1Oc1ccc(C#N)c(Cl)c1. The van der Waals surface area contributed by atoms with Crippen molar-refractivity contribution in [2.45, 2.75) is 59.1 Å². The lowest BCUT2D eigenvalue weighted by Crippen LogP contribution is -2.74. The zero-order valence-electron chi connectivity index (χ0n) is 32.9. The van der Waals surface area contributed by atoms with Gasteiger partial charge in [0.2, 0.25) is 0 Å². The summed E-state index contributed by atoms with van der Waals surface area (Å²) in [7, 11) is 0. The van der Waals surface area contributed by atoms with Crippen molar-refractivity contribution in [1.29, 1.82) is 5.26 Å². The van der Waals surface area contributed by atoms with Gasteiger partial charge < -0.3 is 19.7 Å². The van der Waals surface area contributed by atoms with Gasteiger partial charge in [-0.25, -0.2) is 18.7 Å². The summed E-state index contributed by atoms with van der Waals surface area (Å²) in [6.07, 6.45) is 4.17. The van der Waals surface area contributed by atoms with Crippen LogP contribution in [0.2, 0.25) is 5.02 Å². The molecule has 11 nitrogen and oxygen atoms in total. The number of fused-ring (bicyclic) bond motifs is 1. The van der Waals surface area contributed by atoms with E-state index in [-0.39, 0.29) is 45.7 Å². The van der Waals surface area contributed by atoms with Crippen LogP contribution in [0.3, 0.4) is 0 Å². The number of nitrogens with one attached hydrogen (secondary N) is 1. The lowest BCUT2D eigenvalue weighted by molar-refractivity contribution is -0.164. The molecule has 0 bridgehead atoms. The van der Waals surface area contributed by atoms with Crippen LogP contribution in [-0.2, 0) is 0 Å². The number of benzene rings is 3. The molecule has 1 N–H and O–H groups in total. The van der Waals surface area contributed by atoms with E-state index in [0.29, 0.717) is 40.3 Å². The normalized spacial score (nSPS) is 19.6. The number of pyridine rings is 1. The van der Waals surface area contributed by atoms with Gasteiger partial charge in [0.15, 0.2) is 0 Å². The van der Waals surface area contributed by atoms with Gasteiger partial charge in [-0.2, -0.15) is 5.26 Å². The van der Waals surface area contributed by atoms with Crippen LogP contribution >= 0.6 is 11.6 Å². The molecule has 1 aromatic heterocycles. The first-order valence-electron chi connectivity index (χ1n) is 19.4. The molecule has 3 amide bonds. The number of unbranched alkanes of at least 4 members (excludes halogenated alkanes) is 2. The Morgan fingerprint density at radius 1 is 0.897 bits per heavy atom. The van der Waals surface area contributed by atoms with Crippen molar-refractivity contribution < 1.29 is 32.6 Å². The Morgan fingerprint density at radius 2 is 1.62 bits per heavy atom. The number of imide groups is 1. The number of aromatic nitrogens is 1. The number of ether oxygens (including phenoxy) is 2. The molecule has 2 fully saturated rings. The van der Waals surface area contributed by atoms with E-state index in [1.54, 1.807) is 30.5 Å². The highest BCUT2D eigenvalue weighted by molar-refractivity contribution is 6.34. The molecule has 3 heterocycles. The topological polar surface area (TPSA) is 128 Å². The van der Waals surface area contributed by atoms with Crippen molar-refractivity contribution in [2.75, 3.05) is 49.1 Å². The molecule has 1 aliphatic carbocycles. The maximum Gasteiger partial charge on any atom is 0.266 e. The highest BCUT2D eigenvalue weighted by Crippen LogP contribution is 2.55. The lowest BCUT2D eigenvalue weighted by Gasteiger charge is -2.63. The first kappa shape index (κ1) is 40.6. The molecular weight excluding hydrogens is 766 g/mol. The van der Waals surface area contributed by atoms with Crippen LogP contribution in [0.4, 0.5) is 20.3 Å². The average molecular weight is 811 g/mol. The summed E-state index contributed by atoms with van der Waals surface area (Å²) in [6.45, 7) is 13.1. The van der Waals surface area contributed by atoms with E-state index in [0.717, 1.165) is 74.8 Å². The fourth-order valence-electron chi connectivity index (χ4n) is 8.71. The van der Waals surface area contributed by atoms with Crippen LogP contribution in [0.25, 0.3) is 0 Å². The van der Waals surface area contributed by atoms with E-state index in [1.807, 2.05) is 12.1 Å². The zero-order chi connectivity index (χ0) is 41.4. The minimum atomic E-state index is -0.993. The Morgan fingerprint density at radius 3 is 2.29 bits per heavy atom. The molecule has 0 spiro atoms. The molecule has 58 heavy (non-hydrogen) atoms. The van der Waals surface area contributed by atoms with Gasteiger partial charge >= 0.3 is 0 Å². The molecule has 14 heteroatoms. The van der Waals surface area contributed by atoms with E-state index >= 15 is 0 Å². The smallest absolute Gasteiger partial charge is 0.266 e. The largest absolute Gasteiger partial charge is 0.494 e. The molecule has 3 aromatic carbocycles. The standard InChI is InChI=1S/C44H45ClF2N6O5/c1-43(2)41(44(3,4)42(43)58-31-11-8-27(25-48)34(45)24-31)50-38(54)28-9-15-37(49-26-28)52-19-17-51(18-20-52)16-6-5-7-21-57-30-12-13-32-33(23-30)40(56)53(39(32)55)36-14-10-29(46)22-35(36)47/h8-15,22-24,26,41-42H,5-7,16-21H2,1-4H3,(H,50,54). The molecule has 302 valence electrons. The lowest BCUT2D eigenvalue weighted by atomic mass is 9.49. The van der Waals surface area contributed by atoms with Gasteiger partial charge in [0.05, 0.1) is 39.6 Å². The fraction of sp³-hybridized carbons (Fsp3) is 0.386. The van der Waals surface area contributed by atoms with Crippen LogP contribution in [0, 0.1) is 33.8 Å². The summed E-state index contributed by atoms with van der Waals surface area (Å²) in [4.78, 5) is 49.3. The molecule has 3 aliphatic rings. The highest BCUT2D eigenvalue weighted by atomic mass is 35.5. The van der Waals surface area contributed by atoms with Crippen LogP contribution in [0.15, 0.2) is 72.9 Å². The summed E-state index contributed by atoms with van der Waals surface area (Å²) in [5.41, 5.74) is 0.0946. The Hall–Kier alpha value is -5.58. The number of amides is 3. The molecular formula is C44H45ClF2N6O5. The third-order valence-electron chi connectivity index (χ3n) is 11.5. The fourth-order valence-corrected chi connectivity index (χ4v) is 8.93. The third kappa shape index (κ3) is 7.95. The van der Waals surface area contributed by atoms with Gasteiger partial charge in [-0.05, 0) is 80.4 Å². The molecule has 7 rings (SSSR count). The molecule has 4 aromatic rings. The van der Waals surface area contributed by atoms with Crippen molar-refractivity contribution in [3.63, 3.8) is 0 Å². The van der Waals surface area contributed by atoms with E-state index in [9.17, 15) is 28.4 Å². The quantitative estimate of drug-likeness (QED) is 0.107. The Balaban J connectivity index is 0.814. The summed E-state index contributed by atoms with van der Waals surface area (Å²) >= 11 is 6.23. The number of rotatable bonds is 13. The Kier molecular flexibility index (Phi) is 11.4. The molecule has 0 atom stereocenters. The van der Waals surface area contributed by atoms with Crippen LogP contribution in [0.5, 0.6) is 11.5 Å². The number of halogens is 3. The first-order valence-corrected chi connectivity index (χ1v) is 19.8. The number of carbonyl (C=O) groups is 3. The van der Waals surface area contributed by atoms with Crippen LogP contribution in [-0.4, -0.2) is 79.1 Å². The molecule has 2 aliphatic heterocycles. The number of anilines is 2. The highest BCUT2D eigenvalue weighted by Gasteiger charge is 2.64. The van der Waals surface area contributed by atoms with Crippen molar-refractivity contribution in [3.05, 3.63) is 112 Å². The maximum absolute atomic E-state index is 14.4. The Labute approximate surface area is 341 Å². The summed E-state index contributed by atoms with van der Waals surface area (Å²) in [5.74, 6) is -1.47. The van der Waals surface area contributed by atoms with Gasteiger partial charge in [-0.15, -0.1) is 0 Å². The third-order valence-corrected chi connectivity index (χ3v) is 11.8. The van der Waals surface area contributed by atoms with Gasteiger partial charge in [0, 0.05) is 61.4 Å². The maximum atomic E-state index is 14.4. The van der Waals surface area contributed by atoms with Crippen LogP contribution in [0.1, 0.15) is 83.6 Å². The summed E-state index contributed by atoms with van der Waals surface area (Å²) < 4.78 is 40.0. The van der Waals surface area contributed by atoms with Gasteiger partial charge in [0.25, 0.3) is 17.7 Å². The second-order valence-corrected chi connectivity index (χ2v) is 16.6. The predicted molar refractivity (Wildman–Crippen MR) is 216 cm³/mol. The number of hydrogen-bond donors (Lipinski definition) is 1. The molecule has 1 saturated heterocycles. The first-order chi connectivity index (χ1) is 27.7. The number of carbonyl (C=O) groups excluding carboxylic acids is 3. The van der Waals surface area contributed by atoms with E-state index in [2.05, 4.69) is 53.9 Å². The van der Waals surface area contributed by atoms with Gasteiger partial charge in [-0.3, -0.25) is 19.3 Å². The number of nitrogens with zero attached hydrogens (tertiary/aromatic N) is 5. The van der Waals surface area contributed by atoms with Gasteiger partial charge in [0.1, 0.15) is 41.1 Å². The van der Waals surface area contributed by atoms with E-state index in [1.165, 1.54) is 12.1 Å². The molecule has 1 saturated carbocycles. The van der Waals surface area contributed by atoms with Crippen molar-refractivity contribution >= 4 is 40.8 Å². The monoisotopic (exact) mass is 810 g/mol. The average Bonchev–Trinajstić information content (AvgIpc) is 3.45. The van der Waals surface area contributed by atoms with Gasteiger partial charge in [-0.1, -0.05) is 39.3 Å². The number of hydrogen-bond acceptors (Lipinski definition) is 9. The summed E-state index contributed by atoms with van der Waals surface area (Å²) in [6, 6.07) is 18.0. The minimum absolute atomic E-state index is 0.119. The van der Waals surface area contributed by atoms with Crippen molar-refractivity contribution in [3.8, 4) is 17.6 Å². The number of piperazine rings is 1. The second kappa shape index (κ2) is 16.3. The molecule has 0 unspecified atom stereocenters. The summed E-state index contributed by atoms with van der Waals surface area (Å²) in [5, 5.41) is 12.8. The van der Waals surface area contributed by atoms with E-state index < -0.39 is 23.4 Å². The molecule has 0 radical (unpaired) electrons. The minimum Gasteiger partial charge on any atom is -0.494 e. The Bertz CT molecular complexity index is 2260. The van der Waals surface area contributed by atoms with Crippen molar-refractivity contribution in [1.82, 2.24) is 15.2 Å². The van der Waals surface area contributed by atoms with E-state index in [4.69, 9.17) is 21.1 Å². The zero-order valence-corrected chi connectivity index (χ0v) is 33.6. The number of nitriles is 1.